The topological polar surface area (TPSA) is 12.0 Å². The molecule has 0 spiro atoms. The number of hydrogen-bond donors (Lipinski definition) is 1. The first-order valence-electron chi connectivity index (χ1n) is 6.92. The summed E-state index contributed by atoms with van der Waals surface area (Å²) in [5.74, 6) is 2.49. The first-order valence-corrected chi connectivity index (χ1v) is 8.08. The van der Waals surface area contributed by atoms with Crippen LogP contribution in [-0.4, -0.2) is 17.5 Å². The molecule has 1 N–H and O–H groups in total. The highest BCUT2D eigenvalue weighted by Gasteiger charge is 2.06. The van der Waals surface area contributed by atoms with Crippen molar-refractivity contribution in [2.75, 3.05) is 11.5 Å². The molecule has 0 fully saturated rings. The number of thioether (sulfide) groups is 1. The Morgan fingerprint density at radius 1 is 1.17 bits per heavy atom. The van der Waals surface area contributed by atoms with E-state index in [0.717, 1.165) is 6.54 Å². The second-order valence-corrected chi connectivity index (χ2v) is 6.54. The number of rotatable bonds is 7. The number of nitrogens with one attached hydrogen (secondary N) is 1. The van der Waals surface area contributed by atoms with E-state index >= 15 is 0 Å². The summed E-state index contributed by atoms with van der Waals surface area (Å²) in [6.07, 6.45) is 1.25. The fourth-order valence-corrected chi connectivity index (χ4v) is 3.08. The lowest BCUT2D eigenvalue weighted by Gasteiger charge is -2.17. The van der Waals surface area contributed by atoms with Crippen molar-refractivity contribution in [3.8, 4) is 0 Å². The molecule has 1 atom stereocenters. The standard InChI is InChI=1S/C16H27NS/c1-6-18-8-7-15(5)17-11-16-13(3)9-12(2)10-14(16)4/h9-10,15,17H,6-8,11H2,1-5H3. The van der Waals surface area contributed by atoms with Crippen molar-refractivity contribution in [1.82, 2.24) is 5.32 Å². The molecular weight excluding hydrogens is 238 g/mol. The van der Waals surface area contributed by atoms with Crippen LogP contribution in [0.25, 0.3) is 0 Å². The van der Waals surface area contributed by atoms with E-state index < -0.39 is 0 Å². The van der Waals surface area contributed by atoms with Crippen molar-refractivity contribution < 1.29 is 0 Å². The Morgan fingerprint density at radius 3 is 2.33 bits per heavy atom. The molecular formula is C16H27NS. The molecule has 0 aliphatic carbocycles. The van der Waals surface area contributed by atoms with E-state index in [4.69, 9.17) is 0 Å². The van der Waals surface area contributed by atoms with E-state index in [9.17, 15) is 0 Å². The maximum Gasteiger partial charge on any atom is 0.0213 e. The maximum absolute atomic E-state index is 3.65. The average molecular weight is 265 g/mol. The van der Waals surface area contributed by atoms with Crippen LogP contribution in [0.5, 0.6) is 0 Å². The van der Waals surface area contributed by atoms with Crippen LogP contribution in [0, 0.1) is 20.8 Å². The quantitative estimate of drug-likeness (QED) is 0.740. The normalized spacial score (nSPS) is 12.7. The zero-order valence-electron chi connectivity index (χ0n) is 12.5. The van der Waals surface area contributed by atoms with Crippen molar-refractivity contribution in [2.24, 2.45) is 0 Å². The third-order valence-electron chi connectivity index (χ3n) is 3.37. The van der Waals surface area contributed by atoms with Gasteiger partial charge in [-0.25, -0.2) is 0 Å². The van der Waals surface area contributed by atoms with Crippen LogP contribution >= 0.6 is 11.8 Å². The Labute approximate surface area is 117 Å². The summed E-state index contributed by atoms with van der Waals surface area (Å²) < 4.78 is 0. The largest absolute Gasteiger partial charge is 0.310 e. The molecule has 0 bridgehead atoms. The molecule has 1 unspecified atom stereocenters. The second-order valence-electron chi connectivity index (χ2n) is 5.14. The van der Waals surface area contributed by atoms with Crippen molar-refractivity contribution >= 4 is 11.8 Å². The molecule has 1 rings (SSSR count). The first-order chi connectivity index (χ1) is 8.54. The van der Waals surface area contributed by atoms with Crippen LogP contribution in [0.2, 0.25) is 0 Å². The van der Waals surface area contributed by atoms with Crippen LogP contribution in [0.15, 0.2) is 12.1 Å². The molecule has 0 aromatic heterocycles. The van der Waals surface area contributed by atoms with Gasteiger partial charge in [0.25, 0.3) is 0 Å². The second kappa shape index (κ2) is 7.85. The molecule has 1 nitrogen and oxygen atoms in total. The molecule has 1 aromatic carbocycles. The minimum Gasteiger partial charge on any atom is -0.310 e. The van der Waals surface area contributed by atoms with Crippen molar-refractivity contribution in [3.63, 3.8) is 0 Å². The monoisotopic (exact) mass is 265 g/mol. The predicted octanol–water partition coefficient (Wildman–Crippen LogP) is 4.23. The third kappa shape index (κ3) is 5.03. The highest BCUT2D eigenvalue weighted by molar-refractivity contribution is 7.99. The third-order valence-corrected chi connectivity index (χ3v) is 4.30. The van der Waals surface area contributed by atoms with Crippen molar-refractivity contribution in [2.45, 2.75) is 53.6 Å². The van der Waals surface area contributed by atoms with Gasteiger partial charge in [-0.2, -0.15) is 11.8 Å². The molecule has 0 aliphatic heterocycles. The minimum atomic E-state index is 0.601. The molecule has 1 aromatic rings. The Bertz CT molecular complexity index is 350. The zero-order valence-corrected chi connectivity index (χ0v) is 13.3. The molecule has 2 heteroatoms. The molecule has 0 heterocycles. The zero-order chi connectivity index (χ0) is 13.5. The Kier molecular flexibility index (Phi) is 6.80. The molecule has 18 heavy (non-hydrogen) atoms. The van der Waals surface area contributed by atoms with Crippen LogP contribution in [-0.2, 0) is 6.54 Å². The fraction of sp³-hybridized carbons (Fsp3) is 0.625. The Balaban J connectivity index is 2.48. The summed E-state index contributed by atoms with van der Waals surface area (Å²) in [6, 6.07) is 5.16. The van der Waals surface area contributed by atoms with Gasteiger partial charge in [-0.05, 0) is 62.3 Å². The number of benzene rings is 1. The van der Waals surface area contributed by atoms with Crippen LogP contribution < -0.4 is 5.32 Å². The molecule has 0 aliphatic rings. The van der Waals surface area contributed by atoms with Gasteiger partial charge in [0.15, 0.2) is 0 Å². The van der Waals surface area contributed by atoms with E-state index in [1.165, 1.54) is 40.2 Å². The van der Waals surface area contributed by atoms with Gasteiger partial charge in [-0.3, -0.25) is 0 Å². The smallest absolute Gasteiger partial charge is 0.0213 e. The summed E-state index contributed by atoms with van der Waals surface area (Å²) >= 11 is 2.03. The Morgan fingerprint density at radius 2 is 1.78 bits per heavy atom. The summed E-state index contributed by atoms with van der Waals surface area (Å²) in [5.41, 5.74) is 5.65. The van der Waals surface area contributed by atoms with Gasteiger partial charge in [0, 0.05) is 12.6 Å². The lowest BCUT2D eigenvalue weighted by atomic mass is 9.99. The Hall–Kier alpha value is -0.470. The summed E-state index contributed by atoms with van der Waals surface area (Å²) in [6.45, 7) is 12.1. The minimum absolute atomic E-state index is 0.601. The van der Waals surface area contributed by atoms with Gasteiger partial charge >= 0.3 is 0 Å². The predicted molar refractivity (Wildman–Crippen MR) is 84.6 cm³/mol. The molecule has 102 valence electrons. The number of aryl methyl sites for hydroxylation is 3. The highest BCUT2D eigenvalue weighted by atomic mass is 32.2. The highest BCUT2D eigenvalue weighted by Crippen LogP contribution is 2.16. The summed E-state index contributed by atoms with van der Waals surface area (Å²) in [5, 5.41) is 3.65. The molecule has 0 saturated carbocycles. The molecule has 0 saturated heterocycles. The van der Waals surface area contributed by atoms with Crippen LogP contribution in [0.3, 0.4) is 0 Å². The number of hydrogen-bond acceptors (Lipinski definition) is 2. The molecule has 0 radical (unpaired) electrons. The van der Waals surface area contributed by atoms with E-state index in [1.807, 2.05) is 11.8 Å². The summed E-state index contributed by atoms with van der Waals surface area (Å²) in [7, 11) is 0. The SMILES string of the molecule is CCSCCC(C)NCc1c(C)cc(C)cc1C. The fourth-order valence-electron chi connectivity index (χ4n) is 2.27. The van der Waals surface area contributed by atoms with Crippen LogP contribution in [0.4, 0.5) is 0 Å². The van der Waals surface area contributed by atoms with Crippen LogP contribution in [0.1, 0.15) is 42.5 Å². The van der Waals surface area contributed by atoms with E-state index in [-0.39, 0.29) is 0 Å². The van der Waals surface area contributed by atoms with Gasteiger partial charge < -0.3 is 5.32 Å². The lowest BCUT2D eigenvalue weighted by molar-refractivity contribution is 0.535. The van der Waals surface area contributed by atoms with Gasteiger partial charge in [-0.1, -0.05) is 24.6 Å². The maximum atomic E-state index is 3.65. The van der Waals surface area contributed by atoms with Gasteiger partial charge in [-0.15, -0.1) is 0 Å². The van der Waals surface area contributed by atoms with Crippen molar-refractivity contribution in [1.29, 1.82) is 0 Å². The summed E-state index contributed by atoms with van der Waals surface area (Å²) in [4.78, 5) is 0. The molecule has 0 amide bonds. The lowest BCUT2D eigenvalue weighted by Crippen LogP contribution is -2.26. The van der Waals surface area contributed by atoms with E-state index in [1.54, 1.807) is 0 Å². The van der Waals surface area contributed by atoms with Gasteiger partial charge in [0.05, 0.1) is 0 Å². The van der Waals surface area contributed by atoms with E-state index in [2.05, 4.69) is 52.1 Å². The van der Waals surface area contributed by atoms with Gasteiger partial charge in [0.1, 0.15) is 0 Å². The first kappa shape index (κ1) is 15.6. The van der Waals surface area contributed by atoms with E-state index in [0.29, 0.717) is 6.04 Å². The average Bonchev–Trinajstić information content (AvgIpc) is 2.27. The van der Waals surface area contributed by atoms with Gasteiger partial charge in [0.2, 0.25) is 0 Å². The van der Waals surface area contributed by atoms with Crippen molar-refractivity contribution in [3.05, 3.63) is 34.4 Å².